The minimum atomic E-state index is 0.194. The molecule has 0 aromatic rings. The summed E-state index contributed by atoms with van der Waals surface area (Å²) in [7, 11) is 0. The van der Waals surface area contributed by atoms with Crippen molar-refractivity contribution >= 4 is 0 Å². The molecule has 0 amide bonds. The van der Waals surface area contributed by atoms with Gasteiger partial charge in [0, 0.05) is 13.0 Å². The van der Waals surface area contributed by atoms with Crippen molar-refractivity contribution in [3.63, 3.8) is 0 Å². The van der Waals surface area contributed by atoms with Crippen LogP contribution in [0.1, 0.15) is 12.8 Å². The highest BCUT2D eigenvalue weighted by atomic mass is 16.5. The van der Waals surface area contributed by atoms with Crippen LogP contribution in [0.25, 0.3) is 0 Å². The van der Waals surface area contributed by atoms with Crippen molar-refractivity contribution < 1.29 is 9.84 Å². The maximum absolute atomic E-state index is 8.47. The Balaban J connectivity index is 2.36. The molecule has 2 nitrogen and oxygen atoms in total. The highest BCUT2D eigenvalue weighted by Gasteiger charge is 2.09. The molecule has 0 radical (unpaired) electrons. The Kier molecular flexibility index (Phi) is 2.51. The molecule has 0 spiro atoms. The molecular weight excluding hydrogens is 128 g/mol. The summed E-state index contributed by atoms with van der Waals surface area (Å²) in [5.41, 5.74) is 1.11. The Morgan fingerprint density at radius 1 is 1.70 bits per heavy atom. The second kappa shape index (κ2) is 3.42. The van der Waals surface area contributed by atoms with E-state index in [0.717, 1.165) is 17.8 Å². The van der Waals surface area contributed by atoms with Gasteiger partial charge in [0.1, 0.15) is 6.61 Å². The van der Waals surface area contributed by atoms with Crippen LogP contribution in [0.2, 0.25) is 0 Å². The first kappa shape index (κ1) is 7.35. The third kappa shape index (κ3) is 1.88. The second-order valence-corrected chi connectivity index (χ2v) is 2.40. The van der Waals surface area contributed by atoms with Gasteiger partial charge in [0.15, 0.2) is 0 Å². The zero-order valence-electron chi connectivity index (χ0n) is 5.97. The molecule has 0 bridgehead atoms. The van der Waals surface area contributed by atoms with E-state index in [0.29, 0.717) is 13.0 Å². The summed E-state index contributed by atoms with van der Waals surface area (Å²) >= 11 is 0. The normalized spacial score (nSPS) is 21.7. The maximum Gasteiger partial charge on any atom is 0.109 e. The lowest BCUT2D eigenvalue weighted by Gasteiger charge is -1.94. The van der Waals surface area contributed by atoms with Gasteiger partial charge < -0.3 is 9.84 Å². The average molecular weight is 140 g/mol. The molecule has 1 saturated heterocycles. The van der Waals surface area contributed by atoms with Gasteiger partial charge >= 0.3 is 0 Å². The van der Waals surface area contributed by atoms with Gasteiger partial charge in [-0.2, -0.15) is 0 Å². The average Bonchev–Trinajstić information content (AvgIpc) is 2.31. The smallest absolute Gasteiger partial charge is 0.109 e. The molecule has 0 aliphatic carbocycles. The van der Waals surface area contributed by atoms with Crippen LogP contribution >= 0.6 is 0 Å². The van der Waals surface area contributed by atoms with E-state index in [1.165, 1.54) is 0 Å². The molecule has 1 rings (SSSR count). The van der Waals surface area contributed by atoms with Crippen LogP contribution in [-0.4, -0.2) is 18.3 Å². The summed E-state index contributed by atoms with van der Waals surface area (Å²) in [5, 5.41) is 8.47. The Morgan fingerprint density at radius 2 is 2.50 bits per heavy atom. The Hall–Kier alpha value is -0.760. The molecule has 1 N–H and O–H groups in total. The van der Waals surface area contributed by atoms with E-state index in [1.807, 2.05) is 6.08 Å². The number of hydrogen-bond donors (Lipinski definition) is 1. The van der Waals surface area contributed by atoms with Crippen molar-refractivity contribution in [2.24, 2.45) is 0 Å². The predicted molar refractivity (Wildman–Crippen MR) is 39.5 cm³/mol. The van der Waals surface area contributed by atoms with Gasteiger partial charge in [0.2, 0.25) is 0 Å². The van der Waals surface area contributed by atoms with Crippen LogP contribution in [-0.2, 0) is 4.74 Å². The fourth-order valence-electron chi connectivity index (χ4n) is 0.900. The summed E-state index contributed by atoms with van der Waals surface area (Å²) < 4.78 is 5.22. The highest BCUT2D eigenvalue weighted by Crippen LogP contribution is 2.20. The standard InChI is InChI=1S/C8H12O2/c1-7-5-8(10-6-7)3-2-4-9/h3,9H,1-2,4-6H2/b8-3+. The Bertz CT molecular complexity index is 159. The highest BCUT2D eigenvalue weighted by molar-refractivity contribution is 5.14. The van der Waals surface area contributed by atoms with E-state index in [4.69, 9.17) is 9.84 Å². The number of rotatable bonds is 2. The first-order chi connectivity index (χ1) is 4.83. The lowest BCUT2D eigenvalue weighted by Crippen LogP contribution is -1.82. The zero-order chi connectivity index (χ0) is 7.40. The van der Waals surface area contributed by atoms with Crippen molar-refractivity contribution in [1.29, 1.82) is 0 Å². The minimum absolute atomic E-state index is 0.194. The molecule has 1 heterocycles. The molecule has 0 unspecified atom stereocenters. The lowest BCUT2D eigenvalue weighted by atomic mass is 10.2. The molecule has 0 atom stereocenters. The van der Waals surface area contributed by atoms with Crippen molar-refractivity contribution in [3.8, 4) is 0 Å². The predicted octanol–water partition coefficient (Wildman–Crippen LogP) is 1.23. The lowest BCUT2D eigenvalue weighted by molar-refractivity contribution is 0.267. The van der Waals surface area contributed by atoms with E-state index in [9.17, 15) is 0 Å². The Morgan fingerprint density at radius 3 is 3.00 bits per heavy atom. The molecule has 10 heavy (non-hydrogen) atoms. The SMILES string of the molecule is C=C1CO/C(=C/CCO)C1. The molecule has 1 aliphatic heterocycles. The molecular formula is C8H12O2. The van der Waals surface area contributed by atoms with Gasteiger partial charge in [-0.05, 0) is 18.1 Å². The van der Waals surface area contributed by atoms with Crippen LogP contribution < -0.4 is 0 Å². The number of hydrogen-bond acceptors (Lipinski definition) is 2. The van der Waals surface area contributed by atoms with E-state index in [1.54, 1.807) is 0 Å². The largest absolute Gasteiger partial charge is 0.494 e. The van der Waals surface area contributed by atoms with E-state index in [-0.39, 0.29) is 6.61 Å². The quantitative estimate of drug-likeness (QED) is 0.584. The molecule has 56 valence electrons. The summed E-state index contributed by atoms with van der Waals surface area (Å²) in [5.74, 6) is 0.957. The summed E-state index contributed by atoms with van der Waals surface area (Å²) in [6, 6.07) is 0. The van der Waals surface area contributed by atoms with Crippen molar-refractivity contribution in [1.82, 2.24) is 0 Å². The van der Waals surface area contributed by atoms with E-state index in [2.05, 4.69) is 6.58 Å². The fourth-order valence-corrected chi connectivity index (χ4v) is 0.900. The van der Waals surface area contributed by atoms with Gasteiger partial charge in [-0.25, -0.2) is 0 Å². The summed E-state index contributed by atoms with van der Waals surface area (Å²) in [6.07, 6.45) is 3.45. The molecule has 0 aromatic carbocycles. The monoisotopic (exact) mass is 140 g/mol. The third-order valence-corrected chi connectivity index (χ3v) is 1.39. The van der Waals surface area contributed by atoms with Gasteiger partial charge in [0.05, 0.1) is 5.76 Å². The topological polar surface area (TPSA) is 29.5 Å². The van der Waals surface area contributed by atoms with Gasteiger partial charge in [0.25, 0.3) is 0 Å². The third-order valence-electron chi connectivity index (χ3n) is 1.39. The van der Waals surface area contributed by atoms with Crippen molar-refractivity contribution in [2.45, 2.75) is 12.8 Å². The van der Waals surface area contributed by atoms with Gasteiger partial charge in [-0.1, -0.05) is 6.58 Å². The maximum atomic E-state index is 8.47. The number of aliphatic hydroxyl groups excluding tert-OH is 1. The second-order valence-electron chi connectivity index (χ2n) is 2.40. The molecule has 0 aromatic heterocycles. The zero-order valence-corrected chi connectivity index (χ0v) is 5.97. The number of allylic oxidation sites excluding steroid dienone is 1. The van der Waals surface area contributed by atoms with Crippen molar-refractivity contribution in [2.75, 3.05) is 13.2 Å². The van der Waals surface area contributed by atoms with Gasteiger partial charge in [-0.3, -0.25) is 0 Å². The van der Waals surface area contributed by atoms with Crippen LogP contribution in [0.4, 0.5) is 0 Å². The van der Waals surface area contributed by atoms with Crippen LogP contribution in [0.5, 0.6) is 0 Å². The van der Waals surface area contributed by atoms with E-state index < -0.39 is 0 Å². The Labute approximate surface area is 60.8 Å². The molecule has 1 aliphatic rings. The fraction of sp³-hybridized carbons (Fsp3) is 0.500. The summed E-state index contributed by atoms with van der Waals surface area (Å²) in [4.78, 5) is 0. The molecule has 2 heteroatoms. The van der Waals surface area contributed by atoms with Crippen LogP contribution in [0.15, 0.2) is 24.0 Å². The summed E-state index contributed by atoms with van der Waals surface area (Å²) in [6.45, 7) is 4.63. The molecule has 1 fully saturated rings. The first-order valence-corrected chi connectivity index (χ1v) is 3.42. The number of aliphatic hydroxyl groups is 1. The first-order valence-electron chi connectivity index (χ1n) is 3.42. The van der Waals surface area contributed by atoms with E-state index >= 15 is 0 Å². The number of ether oxygens (including phenoxy) is 1. The van der Waals surface area contributed by atoms with Crippen molar-refractivity contribution in [3.05, 3.63) is 24.0 Å². The van der Waals surface area contributed by atoms with Crippen LogP contribution in [0.3, 0.4) is 0 Å². The minimum Gasteiger partial charge on any atom is -0.494 e. The molecule has 0 saturated carbocycles. The van der Waals surface area contributed by atoms with Gasteiger partial charge in [-0.15, -0.1) is 0 Å². The van der Waals surface area contributed by atoms with Crippen LogP contribution in [0, 0.1) is 0 Å².